The van der Waals surface area contributed by atoms with E-state index in [0.717, 1.165) is 32.0 Å². The molecule has 1 aliphatic heterocycles. The number of ether oxygens (including phenoxy) is 1. The number of carbonyl (C=O) groups excluding carboxylic acids is 1. The van der Waals surface area contributed by atoms with Gasteiger partial charge in [-0.1, -0.05) is 0 Å². The fourth-order valence-corrected chi connectivity index (χ4v) is 2.94. The van der Waals surface area contributed by atoms with E-state index in [1.165, 1.54) is 24.6 Å². The Kier molecular flexibility index (Phi) is 5.16. The van der Waals surface area contributed by atoms with Crippen LogP contribution in [0.4, 0.5) is 5.69 Å². The first-order chi connectivity index (χ1) is 8.75. The maximum atomic E-state index is 11.0. The highest BCUT2D eigenvalue weighted by Gasteiger charge is 2.13. The zero-order valence-electron chi connectivity index (χ0n) is 10.7. The molecule has 18 heavy (non-hydrogen) atoms. The van der Waals surface area contributed by atoms with Gasteiger partial charge in [0.15, 0.2) is 0 Å². The summed E-state index contributed by atoms with van der Waals surface area (Å²) < 4.78 is 5.45. The van der Waals surface area contributed by atoms with Gasteiger partial charge < -0.3 is 15.4 Å². The second kappa shape index (κ2) is 6.87. The van der Waals surface area contributed by atoms with E-state index in [9.17, 15) is 4.79 Å². The smallest absolute Gasteiger partial charge is 0.221 e. The van der Waals surface area contributed by atoms with Crippen LogP contribution >= 0.6 is 11.3 Å². The molecule has 1 unspecified atom stereocenters. The average molecular weight is 268 g/mol. The van der Waals surface area contributed by atoms with Gasteiger partial charge >= 0.3 is 0 Å². The molecule has 1 aromatic heterocycles. The van der Waals surface area contributed by atoms with E-state index in [1.54, 1.807) is 11.3 Å². The van der Waals surface area contributed by atoms with Gasteiger partial charge in [-0.25, -0.2) is 0 Å². The van der Waals surface area contributed by atoms with Crippen LogP contribution < -0.4 is 10.6 Å². The van der Waals surface area contributed by atoms with Crippen molar-refractivity contribution in [1.29, 1.82) is 0 Å². The van der Waals surface area contributed by atoms with Crippen molar-refractivity contribution in [3.8, 4) is 0 Å². The summed E-state index contributed by atoms with van der Waals surface area (Å²) in [5, 5.41) is 8.30. The summed E-state index contributed by atoms with van der Waals surface area (Å²) >= 11 is 1.67. The molecule has 2 N–H and O–H groups in total. The van der Waals surface area contributed by atoms with Gasteiger partial charge in [0.05, 0.1) is 12.3 Å². The number of carbonyl (C=O) groups is 1. The average Bonchev–Trinajstić information content (AvgIpc) is 2.77. The predicted octanol–water partition coefficient (Wildman–Crippen LogP) is 2.22. The summed E-state index contributed by atoms with van der Waals surface area (Å²) in [7, 11) is 0. The first-order valence-corrected chi connectivity index (χ1v) is 7.26. The van der Waals surface area contributed by atoms with Crippen LogP contribution in [0.2, 0.25) is 0 Å². The molecule has 2 heterocycles. The molecule has 1 aliphatic rings. The Bertz CT molecular complexity index is 386. The number of anilines is 1. The lowest BCUT2D eigenvalue weighted by Gasteiger charge is -2.22. The monoisotopic (exact) mass is 268 g/mol. The highest BCUT2D eigenvalue weighted by molar-refractivity contribution is 7.10. The van der Waals surface area contributed by atoms with Crippen molar-refractivity contribution in [2.45, 2.75) is 26.3 Å². The van der Waals surface area contributed by atoms with Crippen LogP contribution in [-0.2, 0) is 16.1 Å². The van der Waals surface area contributed by atoms with E-state index >= 15 is 0 Å². The molecule has 1 atom stereocenters. The van der Waals surface area contributed by atoms with Crippen LogP contribution in [0.25, 0.3) is 0 Å². The topological polar surface area (TPSA) is 50.4 Å². The molecule has 0 radical (unpaired) electrons. The van der Waals surface area contributed by atoms with E-state index in [1.807, 2.05) is 11.4 Å². The molecule has 0 saturated carbocycles. The Morgan fingerprint density at radius 2 is 2.50 bits per heavy atom. The lowest BCUT2D eigenvalue weighted by molar-refractivity contribution is -0.114. The van der Waals surface area contributed by atoms with E-state index in [2.05, 4.69) is 10.6 Å². The molecule has 100 valence electrons. The van der Waals surface area contributed by atoms with Gasteiger partial charge in [-0.15, -0.1) is 11.3 Å². The van der Waals surface area contributed by atoms with Crippen LogP contribution in [-0.4, -0.2) is 25.7 Å². The standard InChI is InChI=1S/C13H20N2O2S/c1-10(16)15-12-4-6-18-13(12)8-14-7-11-3-2-5-17-9-11/h4,6,11,14H,2-3,5,7-9H2,1H3,(H,15,16). The Balaban J connectivity index is 1.75. The largest absolute Gasteiger partial charge is 0.381 e. The second-order valence-corrected chi connectivity index (χ2v) is 5.65. The number of amides is 1. The summed E-state index contributed by atoms with van der Waals surface area (Å²) in [6.45, 7) is 5.11. The van der Waals surface area contributed by atoms with Gasteiger partial charge in [0.1, 0.15) is 0 Å². The molecule has 1 saturated heterocycles. The minimum absolute atomic E-state index is 0.0182. The van der Waals surface area contributed by atoms with E-state index in [4.69, 9.17) is 4.74 Å². The molecule has 2 rings (SSSR count). The third-order valence-corrected chi connectivity index (χ3v) is 3.95. The molecule has 1 fully saturated rings. The minimum Gasteiger partial charge on any atom is -0.381 e. The Hall–Kier alpha value is -0.910. The van der Waals surface area contributed by atoms with Crippen molar-refractivity contribution in [3.05, 3.63) is 16.3 Å². The van der Waals surface area contributed by atoms with Crippen LogP contribution in [0.5, 0.6) is 0 Å². The molecule has 1 aromatic rings. The van der Waals surface area contributed by atoms with Crippen LogP contribution in [0, 0.1) is 5.92 Å². The van der Waals surface area contributed by atoms with Crippen molar-refractivity contribution in [2.75, 3.05) is 25.1 Å². The summed E-state index contributed by atoms with van der Waals surface area (Å²) in [6, 6.07) is 1.95. The Morgan fingerprint density at radius 1 is 1.61 bits per heavy atom. The van der Waals surface area contributed by atoms with Gasteiger partial charge in [0.25, 0.3) is 0 Å². The highest BCUT2D eigenvalue weighted by Crippen LogP contribution is 2.22. The first kappa shape index (κ1) is 13.5. The Labute approximate surface area is 112 Å². The summed E-state index contributed by atoms with van der Waals surface area (Å²) in [4.78, 5) is 12.2. The fourth-order valence-electron chi connectivity index (χ4n) is 2.14. The maximum Gasteiger partial charge on any atom is 0.221 e. The van der Waals surface area contributed by atoms with Crippen molar-refractivity contribution in [1.82, 2.24) is 5.32 Å². The number of nitrogens with one attached hydrogen (secondary N) is 2. The Morgan fingerprint density at radius 3 is 3.22 bits per heavy atom. The van der Waals surface area contributed by atoms with Gasteiger partial charge in [-0.05, 0) is 30.2 Å². The molecule has 1 amide bonds. The van der Waals surface area contributed by atoms with Gasteiger partial charge in [-0.3, -0.25) is 4.79 Å². The molecular formula is C13H20N2O2S. The normalized spacial score (nSPS) is 19.7. The molecule has 0 aliphatic carbocycles. The van der Waals surface area contributed by atoms with Crippen molar-refractivity contribution in [3.63, 3.8) is 0 Å². The van der Waals surface area contributed by atoms with Crippen molar-refractivity contribution < 1.29 is 9.53 Å². The lowest BCUT2D eigenvalue weighted by atomic mass is 10.0. The molecule has 0 spiro atoms. The van der Waals surface area contributed by atoms with E-state index < -0.39 is 0 Å². The molecule has 0 bridgehead atoms. The SMILES string of the molecule is CC(=O)Nc1ccsc1CNCC1CCCOC1. The molecule has 5 heteroatoms. The number of hydrogen-bond acceptors (Lipinski definition) is 4. The van der Waals surface area contributed by atoms with Gasteiger partial charge in [0.2, 0.25) is 5.91 Å². The first-order valence-electron chi connectivity index (χ1n) is 6.38. The third kappa shape index (κ3) is 4.08. The van der Waals surface area contributed by atoms with Crippen LogP contribution in [0.1, 0.15) is 24.6 Å². The van der Waals surface area contributed by atoms with Crippen LogP contribution in [0.15, 0.2) is 11.4 Å². The third-order valence-electron chi connectivity index (χ3n) is 3.03. The fraction of sp³-hybridized carbons (Fsp3) is 0.615. The highest BCUT2D eigenvalue weighted by atomic mass is 32.1. The van der Waals surface area contributed by atoms with Crippen molar-refractivity contribution >= 4 is 22.9 Å². The number of thiophene rings is 1. The maximum absolute atomic E-state index is 11.0. The molecule has 4 nitrogen and oxygen atoms in total. The van der Waals surface area contributed by atoms with Crippen molar-refractivity contribution in [2.24, 2.45) is 5.92 Å². The molecular weight excluding hydrogens is 248 g/mol. The van der Waals surface area contributed by atoms with Crippen LogP contribution in [0.3, 0.4) is 0 Å². The lowest BCUT2D eigenvalue weighted by Crippen LogP contribution is -2.28. The van der Waals surface area contributed by atoms with E-state index in [0.29, 0.717) is 5.92 Å². The number of hydrogen-bond donors (Lipinski definition) is 2. The second-order valence-electron chi connectivity index (χ2n) is 4.65. The van der Waals surface area contributed by atoms with E-state index in [-0.39, 0.29) is 5.91 Å². The minimum atomic E-state index is -0.0182. The summed E-state index contributed by atoms with van der Waals surface area (Å²) in [5.74, 6) is 0.609. The summed E-state index contributed by atoms with van der Waals surface area (Å²) in [6.07, 6.45) is 2.42. The quantitative estimate of drug-likeness (QED) is 0.861. The zero-order chi connectivity index (χ0) is 12.8. The molecule has 0 aromatic carbocycles. The summed E-state index contributed by atoms with van der Waals surface area (Å²) in [5.41, 5.74) is 0.930. The number of rotatable bonds is 5. The zero-order valence-corrected chi connectivity index (χ0v) is 11.5. The van der Waals surface area contributed by atoms with Gasteiger partial charge in [0, 0.05) is 31.5 Å². The van der Waals surface area contributed by atoms with Gasteiger partial charge in [-0.2, -0.15) is 0 Å². The predicted molar refractivity (Wildman–Crippen MR) is 73.9 cm³/mol.